The van der Waals surface area contributed by atoms with E-state index in [0.29, 0.717) is 27.8 Å². The van der Waals surface area contributed by atoms with E-state index in [1.807, 2.05) is 0 Å². The standard InChI is InChI=1S/C15H13ClFNOS/c16-11-5-1-3-7-13(11)18-15(19)9-10-20-14-8-4-2-6-12(14)17/h1-8H,9-10H2,(H,18,19). The molecule has 0 saturated carbocycles. The fourth-order valence-electron chi connectivity index (χ4n) is 1.59. The lowest BCUT2D eigenvalue weighted by atomic mass is 10.3. The van der Waals surface area contributed by atoms with Gasteiger partial charge in [0.15, 0.2) is 0 Å². The van der Waals surface area contributed by atoms with Gasteiger partial charge < -0.3 is 5.32 Å². The Balaban J connectivity index is 1.82. The average Bonchev–Trinajstić information content (AvgIpc) is 2.43. The monoisotopic (exact) mass is 309 g/mol. The maximum atomic E-state index is 13.4. The van der Waals surface area contributed by atoms with Gasteiger partial charge >= 0.3 is 0 Å². The molecule has 0 fully saturated rings. The van der Waals surface area contributed by atoms with Crippen LogP contribution in [0.4, 0.5) is 10.1 Å². The molecule has 2 aromatic rings. The van der Waals surface area contributed by atoms with E-state index in [0.717, 1.165) is 0 Å². The molecule has 0 bridgehead atoms. The molecule has 0 aliphatic carbocycles. The molecule has 1 N–H and O–H groups in total. The molecule has 0 radical (unpaired) electrons. The van der Waals surface area contributed by atoms with Crippen LogP contribution in [-0.4, -0.2) is 11.7 Å². The van der Waals surface area contributed by atoms with Crippen LogP contribution in [0.5, 0.6) is 0 Å². The number of nitrogens with one attached hydrogen (secondary N) is 1. The number of hydrogen-bond acceptors (Lipinski definition) is 2. The minimum Gasteiger partial charge on any atom is -0.325 e. The summed E-state index contributed by atoms with van der Waals surface area (Å²) in [6.45, 7) is 0. The molecule has 0 saturated heterocycles. The largest absolute Gasteiger partial charge is 0.325 e. The van der Waals surface area contributed by atoms with Gasteiger partial charge in [0.2, 0.25) is 5.91 Å². The predicted molar refractivity (Wildman–Crippen MR) is 81.8 cm³/mol. The Kier molecular flexibility index (Phi) is 5.44. The number of hydrogen-bond donors (Lipinski definition) is 1. The third-order valence-electron chi connectivity index (χ3n) is 2.57. The van der Waals surface area contributed by atoms with Crippen LogP contribution in [0, 0.1) is 5.82 Å². The molecule has 0 aliphatic heterocycles. The van der Waals surface area contributed by atoms with Crippen molar-refractivity contribution in [3.8, 4) is 0 Å². The average molecular weight is 310 g/mol. The van der Waals surface area contributed by atoms with Gasteiger partial charge in [-0.2, -0.15) is 0 Å². The third-order valence-corrected chi connectivity index (χ3v) is 3.95. The van der Waals surface area contributed by atoms with Crippen LogP contribution in [0.15, 0.2) is 53.4 Å². The molecule has 1 amide bonds. The van der Waals surface area contributed by atoms with Crippen LogP contribution in [0.3, 0.4) is 0 Å². The maximum Gasteiger partial charge on any atom is 0.225 e. The quantitative estimate of drug-likeness (QED) is 0.818. The number of amides is 1. The number of benzene rings is 2. The van der Waals surface area contributed by atoms with Crippen LogP contribution in [0.1, 0.15) is 6.42 Å². The second kappa shape index (κ2) is 7.31. The molecule has 0 heterocycles. The van der Waals surface area contributed by atoms with Gasteiger partial charge in [0, 0.05) is 17.1 Å². The van der Waals surface area contributed by atoms with Gasteiger partial charge in [-0.1, -0.05) is 35.9 Å². The molecule has 0 atom stereocenters. The first-order chi connectivity index (χ1) is 9.66. The Hall–Kier alpha value is -1.52. The highest BCUT2D eigenvalue weighted by molar-refractivity contribution is 7.99. The lowest BCUT2D eigenvalue weighted by Gasteiger charge is -2.07. The second-order valence-electron chi connectivity index (χ2n) is 4.06. The Morgan fingerprint density at radius 3 is 2.60 bits per heavy atom. The van der Waals surface area contributed by atoms with Crippen LogP contribution in [-0.2, 0) is 4.79 Å². The van der Waals surface area contributed by atoms with Gasteiger partial charge in [0.05, 0.1) is 10.7 Å². The summed E-state index contributed by atoms with van der Waals surface area (Å²) in [6.07, 6.45) is 0.296. The van der Waals surface area contributed by atoms with Crippen LogP contribution in [0.25, 0.3) is 0 Å². The summed E-state index contributed by atoms with van der Waals surface area (Å²) >= 11 is 7.27. The molecule has 0 unspecified atom stereocenters. The summed E-state index contributed by atoms with van der Waals surface area (Å²) < 4.78 is 13.4. The predicted octanol–water partition coefficient (Wildman–Crippen LogP) is 4.60. The minimum absolute atomic E-state index is 0.137. The molecule has 2 aromatic carbocycles. The first kappa shape index (κ1) is 14.9. The maximum absolute atomic E-state index is 13.4. The minimum atomic E-state index is -0.260. The molecule has 0 aliphatic rings. The van der Waals surface area contributed by atoms with Crippen molar-refractivity contribution in [1.82, 2.24) is 0 Å². The SMILES string of the molecule is O=C(CCSc1ccccc1F)Nc1ccccc1Cl. The van der Waals surface area contributed by atoms with Gasteiger partial charge in [-0.3, -0.25) is 4.79 Å². The van der Waals surface area contributed by atoms with E-state index < -0.39 is 0 Å². The summed E-state index contributed by atoms with van der Waals surface area (Å²) in [4.78, 5) is 12.3. The van der Waals surface area contributed by atoms with Crippen molar-refractivity contribution in [2.75, 3.05) is 11.1 Å². The molecular weight excluding hydrogens is 297 g/mol. The molecule has 20 heavy (non-hydrogen) atoms. The fourth-order valence-corrected chi connectivity index (χ4v) is 2.66. The van der Waals surface area contributed by atoms with E-state index in [2.05, 4.69) is 5.32 Å². The van der Waals surface area contributed by atoms with Crippen molar-refractivity contribution in [3.05, 3.63) is 59.4 Å². The fraction of sp³-hybridized carbons (Fsp3) is 0.133. The molecular formula is C15H13ClFNOS. The first-order valence-electron chi connectivity index (χ1n) is 6.08. The van der Waals surface area contributed by atoms with Crippen LogP contribution >= 0.6 is 23.4 Å². The molecule has 5 heteroatoms. The van der Waals surface area contributed by atoms with Crippen molar-refractivity contribution in [2.45, 2.75) is 11.3 Å². The normalized spacial score (nSPS) is 10.3. The zero-order valence-corrected chi connectivity index (χ0v) is 12.2. The zero-order valence-electron chi connectivity index (χ0n) is 10.6. The summed E-state index contributed by atoms with van der Waals surface area (Å²) in [5.74, 6) is 0.114. The highest BCUT2D eigenvalue weighted by Gasteiger charge is 2.07. The van der Waals surface area contributed by atoms with E-state index in [1.165, 1.54) is 17.8 Å². The first-order valence-corrected chi connectivity index (χ1v) is 7.45. The highest BCUT2D eigenvalue weighted by atomic mass is 35.5. The van der Waals surface area contributed by atoms with E-state index in [9.17, 15) is 9.18 Å². The summed E-state index contributed by atoms with van der Waals surface area (Å²) in [6, 6.07) is 13.6. The van der Waals surface area contributed by atoms with Crippen molar-refractivity contribution in [1.29, 1.82) is 0 Å². The Morgan fingerprint density at radius 2 is 1.85 bits per heavy atom. The zero-order chi connectivity index (χ0) is 14.4. The van der Waals surface area contributed by atoms with Gasteiger partial charge in [0.25, 0.3) is 0 Å². The highest BCUT2D eigenvalue weighted by Crippen LogP contribution is 2.23. The number of anilines is 1. The van der Waals surface area contributed by atoms with E-state index >= 15 is 0 Å². The number of carbonyl (C=O) groups is 1. The van der Waals surface area contributed by atoms with E-state index in [-0.39, 0.29) is 11.7 Å². The molecule has 0 spiro atoms. The lowest BCUT2D eigenvalue weighted by molar-refractivity contribution is -0.115. The number of halogens is 2. The van der Waals surface area contributed by atoms with Gasteiger partial charge in [-0.05, 0) is 24.3 Å². The number of para-hydroxylation sites is 1. The second-order valence-corrected chi connectivity index (χ2v) is 5.60. The number of thioether (sulfide) groups is 1. The van der Waals surface area contributed by atoms with Crippen molar-refractivity contribution in [3.63, 3.8) is 0 Å². The molecule has 2 nitrogen and oxygen atoms in total. The Morgan fingerprint density at radius 1 is 1.15 bits per heavy atom. The summed E-state index contributed by atoms with van der Waals surface area (Å²) in [5.41, 5.74) is 0.593. The molecule has 0 aromatic heterocycles. The van der Waals surface area contributed by atoms with E-state index in [4.69, 9.17) is 11.6 Å². The lowest BCUT2D eigenvalue weighted by Crippen LogP contribution is -2.12. The van der Waals surface area contributed by atoms with E-state index in [1.54, 1.807) is 42.5 Å². The van der Waals surface area contributed by atoms with Gasteiger partial charge in [0.1, 0.15) is 5.82 Å². The summed E-state index contributed by atoms with van der Waals surface area (Å²) in [7, 11) is 0. The number of rotatable bonds is 5. The topological polar surface area (TPSA) is 29.1 Å². The smallest absolute Gasteiger partial charge is 0.225 e. The van der Waals surface area contributed by atoms with Crippen molar-refractivity contribution in [2.24, 2.45) is 0 Å². The van der Waals surface area contributed by atoms with Crippen LogP contribution in [0.2, 0.25) is 5.02 Å². The Bertz CT molecular complexity index is 606. The van der Waals surface area contributed by atoms with Crippen molar-refractivity contribution >= 4 is 35.0 Å². The van der Waals surface area contributed by atoms with Crippen LogP contribution < -0.4 is 5.32 Å². The van der Waals surface area contributed by atoms with Gasteiger partial charge in [-0.15, -0.1) is 11.8 Å². The Labute approximate surface area is 126 Å². The summed E-state index contributed by atoms with van der Waals surface area (Å²) in [5, 5.41) is 3.24. The number of carbonyl (C=O) groups excluding carboxylic acids is 1. The van der Waals surface area contributed by atoms with Gasteiger partial charge in [-0.25, -0.2) is 4.39 Å². The molecule has 2 rings (SSSR count). The van der Waals surface area contributed by atoms with Crippen molar-refractivity contribution < 1.29 is 9.18 Å². The molecule has 104 valence electrons. The third kappa shape index (κ3) is 4.25.